The fourth-order valence-corrected chi connectivity index (χ4v) is 3.63. The third-order valence-electron chi connectivity index (χ3n) is 4.39. The van der Waals surface area contributed by atoms with E-state index in [1.54, 1.807) is 0 Å². The summed E-state index contributed by atoms with van der Waals surface area (Å²) in [7, 11) is 0. The van der Waals surface area contributed by atoms with Gasteiger partial charge >= 0.3 is 0 Å². The summed E-state index contributed by atoms with van der Waals surface area (Å²) in [6.45, 7) is 4.04. The highest BCUT2D eigenvalue weighted by Crippen LogP contribution is 2.38. The quantitative estimate of drug-likeness (QED) is 0.774. The van der Waals surface area contributed by atoms with Gasteiger partial charge in [-0.3, -0.25) is 4.79 Å². The molecule has 2 unspecified atom stereocenters. The molecule has 0 aromatic heterocycles. The van der Waals surface area contributed by atoms with Crippen LogP contribution in [0.1, 0.15) is 35.2 Å². The monoisotopic (exact) mass is 338 g/mol. The van der Waals surface area contributed by atoms with Gasteiger partial charge in [-0.15, -0.1) is 0 Å². The Balaban J connectivity index is 1.81. The van der Waals surface area contributed by atoms with Crippen molar-refractivity contribution in [3.8, 4) is 0 Å². The van der Waals surface area contributed by atoms with Crippen LogP contribution >= 0.6 is 15.9 Å². The minimum absolute atomic E-state index is 0.0450. The van der Waals surface area contributed by atoms with Gasteiger partial charge in [-0.1, -0.05) is 18.2 Å². The van der Waals surface area contributed by atoms with Crippen molar-refractivity contribution in [1.82, 2.24) is 0 Å². The smallest absolute Gasteiger partial charge is 0.167 e. The van der Waals surface area contributed by atoms with Gasteiger partial charge in [0.15, 0.2) is 5.78 Å². The number of carbonyl (C=O) groups excluding carboxylic acids is 1. The standard InChI is InChI=1S/C16H19BrO3/c1-11-3-2-4-13(14(11)17)15(18)12-5-7-20-16(9-12)6-8-19-10-16/h2-4,12H,5-10H2,1H3. The van der Waals surface area contributed by atoms with E-state index in [0.29, 0.717) is 13.2 Å². The Kier molecular flexibility index (Phi) is 3.98. The molecule has 20 heavy (non-hydrogen) atoms. The number of ether oxygens (including phenoxy) is 2. The van der Waals surface area contributed by atoms with E-state index >= 15 is 0 Å². The average molecular weight is 339 g/mol. The lowest BCUT2D eigenvalue weighted by molar-refractivity contribution is -0.0920. The van der Waals surface area contributed by atoms with Crippen LogP contribution in [0.4, 0.5) is 0 Å². The summed E-state index contributed by atoms with van der Waals surface area (Å²) in [4.78, 5) is 12.8. The van der Waals surface area contributed by atoms with Crippen molar-refractivity contribution in [1.29, 1.82) is 0 Å². The van der Waals surface area contributed by atoms with Crippen LogP contribution in [0.25, 0.3) is 0 Å². The summed E-state index contributed by atoms with van der Waals surface area (Å²) < 4.78 is 12.3. The van der Waals surface area contributed by atoms with Gasteiger partial charge in [0.2, 0.25) is 0 Å². The van der Waals surface area contributed by atoms with Gasteiger partial charge in [-0.2, -0.15) is 0 Å². The van der Waals surface area contributed by atoms with Crippen LogP contribution in [0.3, 0.4) is 0 Å². The predicted octanol–water partition coefficient (Wildman–Crippen LogP) is 3.53. The molecule has 2 heterocycles. The first-order chi connectivity index (χ1) is 9.61. The molecule has 1 aromatic carbocycles. The van der Waals surface area contributed by atoms with E-state index < -0.39 is 0 Å². The topological polar surface area (TPSA) is 35.5 Å². The molecule has 1 spiro atoms. The minimum atomic E-state index is -0.213. The van der Waals surface area contributed by atoms with Gasteiger partial charge in [-0.05, 0) is 41.3 Å². The zero-order valence-electron chi connectivity index (χ0n) is 11.7. The highest BCUT2D eigenvalue weighted by molar-refractivity contribution is 9.10. The number of hydrogen-bond acceptors (Lipinski definition) is 3. The van der Waals surface area contributed by atoms with E-state index in [-0.39, 0.29) is 17.3 Å². The highest BCUT2D eigenvalue weighted by atomic mass is 79.9. The molecule has 2 aliphatic heterocycles. The second kappa shape index (κ2) is 5.58. The zero-order chi connectivity index (χ0) is 14.2. The number of rotatable bonds is 2. The van der Waals surface area contributed by atoms with Crippen molar-refractivity contribution in [2.75, 3.05) is 19.8 Å². The molecule has 3 rings (SSSR count). The Hall–Kier alpha value is -0.710. The molecule has 0 saturated carbocycles. The number of hydrogen-bond donors (Lipinski definition) is 0. The first kappa shape index (κ1) is 14.2. The summed E-state index contributed by atoms with van der Waals surface area (Å²) in [5, 5.41) is 0. The summed E-state index contributed by atoms with van der Waals surface area (Å²) in [5.41, 5.74) is 1.68. The fourth-order valence-electron chi connectivity index (χ4n) is 3.17. The second-order valence-electron chi connectivity index (χ2n) is 5.82. The van der Waals surface area contributed by atoms with Gasteiger partial charge in [0, 0.05) is 35.6 Å². The molecule has 0 radical (unpaired) electrons. The van der Waals surface area contributed by atoms with Crippen molar-refractivity contribution in [3.05, 3.63) is 33.8 Å². The lowest BCUT2D eigenvalue weighted by Crippen LogP contribution is -2.42. The number of halogens is 1. The third-order valence-corrected chi connectivity index (χ3v) is 5.44. The van der Waals surface area contributed by atoms with Gasteiger partial charge in [0.25, 0.3) is 0 Å². The second-order valence-corrected chi connectivity index (χ2v) is 6.62. The molecule has 3 nitrogen and oxygen atoms in total. The highest BCUT2D eigenvalue weighted by Gasteiger charge is 2.43. The molecule has 0 amide bonds. The molecule has 108 valence electrons. The molecule has 1 aromatic rings. The molecule has 0 aliphatic carbocycles. The number of benzene rings is 1. The molecule has 0 bridgehead atoms. The maximum atomic E-state index is 12.8. The van der Waals surface area contributed by atoms with E-state index in [4.69, 9.17) is 9.47 Å². The maximum Gasteiger partial charge on any atom is 0.167 e. The van der Waals surface area contributed by atoms with Crippen LogP contribution in [-0.2, 0) is 9.47 Å². The van der Waals surface area contributed by atoms with Crippen LogP contribution in [0.5, 0.6) is 0 Å². The van der Waals surface area contributed by atoms with E-state index in [2.05, 4.69) is 15.9 Å². The van der Waals surface area contributed by atoms with Crippen molar-refractivity contribution >= 4 is 21.7 Å². The molecule has 2 aliphatic rings. The van der Waals surface area contributed by atoms with Gasteiger partial charge in [0.05, 0.1) is 12.2 Å². The lowest BCUT2D eigenvalue weighted by atomic mass is 9.81. The SMILES string of the molecule is Cc1cccc(C(=O)C2CCOC3(CCOC3)C2)c1Br. The van der Waals surface area contributed by atoms with Crippen LogP contribution in [-0.4, -0.2) is 31.2 Å². The Morgan fingerprint density at radius 2 is 2.25 bits per heavy atom. The molecule has 2 saturated heterocycles. The summed E-state index contributed by atoms with van der Waals surface area (Å²) >= 11 is 3.55. The Labute approximate surface area is 127 Å². The van der Waals surface area contributed by atoms with Gasteiger partial charge in [-0.25, -0.2) is 0 Å². The van der Waals surface area contributed by atoms with Crippen molar-refractivity contribution in [2.45, 2.75) is 31.8 Å². The van der Waals surface area contributed by atoms with Crippen LogP contribution in [0, 0.1) is 12.8 Å². The van der Waals surface area contributed by atoms with E-state index in [1.165, 1.54) is 0 Å². The summed E-state index contributed by atoms with van der Waals surface area (Å²) in [5.74, 6) is 0.277. The number of aryl methyl sites for hydroxylation is 1. The van der Waals surface area contributed by atoms with Gasteiger partial charge in [0.1, 0.15) is 0 Å². The molecule has 4 heteroatoms. The predicted molar refractivity (Wildman–Crippen MR) is 80.1 cm³/mol. The normalized spacial score (nSPS) is 29.8. The van der Waals surface area contributed by atoms with Crippen LogP contribution < -0.4 is 0 Å². The van der Waals surface area contributed by atoms with E-state index in [0.717, 1.165) is 41.5 Å². The van der Waals surface area contributed by atoms with Gasteiger partial charge < -0.3 is 9.47 Å². The molecule has 2 fully saturated rings. The van der Waals surface area contributed by atoms with Crippen LogP contribution in [0.15, 0.2) is 22.7 Å². The Morgan fingerprint density at radius 3 is 3.00 bits per heavy atom. The average Bonchev–Trinajstić information content (AvgIpc) is 2.89. The zero-order valence-corrected chi connectivity index (χ0v) is 13.2. The maximum absolute atomic E-state index is 12.8. The molecular weight excluding hydrogens is 320 g/mol. The molecule has 2 atom stereocenters. The Morgan fingerprint density at radius 1 is 1.40 bits per heavy atom. The van der Waals surface area contributed by atoms with Crippen molar-refractivity contribution in [2.24, 2.45) is 5.92 Å². The van der Waals surface area contributed by atoms with E-state index in [9.17, 15) is 4.79 Å². The number of ketones is 1. The first-order valence-corrected chi connectivity index (χ1v) is 7.92. The first-order valence-electron chi connectivity index (χ1n) is 7.12. The summed E-state index contributed by atoms with van der Waals surface area (Å²) in [6, 6.07) is 5.87. The molecular formula is C16H19BrO3. The van der Waals surface area contributed by atoms with E-state index in [1.807, 2.05) is 25.1 Å². The van der Waals surface area contributed by atoms with Crippen molar-refractivity contribution in [3.63, 3.8) is 0 Å². The van der Waals surface area contributed by atoms with Crippen LogP contribution in [0.2, 0.25) is 0 Å². The lowest BCUT2D eigenvalue weighted by Gasteiger charge is -2.36. The largest absolute Gasteiger partial charge is 0.378 e. The number of Topliss-reactive ketones (excluding diaryl/α,β-unsaturated/α-hetero) is 1. The molecule has 0 N–H and O–H groups in total. The number of carbonyl (C=O) groups is 1. The fraction of sp³-hybridized carbons (Fsp3) is 0.562. The van der Waals surface area contributed by atoms with Crippen molar-refractivity contribution < 1.29 is 14.3 Å². The minimum Gasteiger partial charge on any atom is -0.378 e. The third kappa shape index (κ3) is 2.57. The Bertz CT molecular complexity index is 520. The summed E-state index contributed by atoms with van der Waals surface area (Å²) in [6.07, 6.45) is 2.50.